The molecule has 16 heavy (non-hydrogen) atoms. The van der Waals surface area contributed by atoms with Crippen LogP contribution in [0.1, 0.15) is 25.7 Å². The quantitative estimate of drug-likeness (QED) is 0.441. The SMILES string of the molecule is NCCNC(=O)C(=O)N[C@@H]1CCCC[C@H]1O. The van der Waals surface area contributed by atoms with Gasteiger partial charge in [-0.05, 0) is 12.8 Å². The number of hydrogen-bond acceptors (Lipinski definition) is 4. The number of aliphatic hydroxyl groups is 1. The molecule has 6 nitrogen and oxygen atoms in total. The Balaban J connectivity index is 2.34. The van der Waals surface area contributed by atoms with Crippen molar-refractivity contribution in [2.75, 3.05) is 13.1 Å². The van der Waals surface area contributed by atoms with Gasteiger partial charge in [0.25, 0.3) is 0 Å². The second-order valence-corrected chi connectivity index (χ2v) is 3.98. The molecular formula is C10H19N3O3. The molecule has 5 N–H and O–H groups in total. The average molecular weight is 229 g/mol. The second-order valence-electron chi connectivity index (χ2n) is 3.98. The highest BCUT2D eigenvalue weighted by molar-refractivity contribution is 6.35. The van der Waals surface area contributed by atoms with Crippen molar-refractivity contribution in [2.24, 2.45) is 5.73 Å². The summed E-state index contributed by atoms with van der Waals surface area (Å²) in [4.78, 5) is 22.6. The summed E-state index contributed by atoms with van der Waals surface area (Å²) in [6.07, 6.45) is 2.78. The van der Waals surface area contributed by atoms with Crippen molar-refractivity contribution in [3.05, 3.63) is 0 Å². The molecule has 0 aromatic heterocycles. The maximum atomic E-state index is 11.4. The largest absolute Gasteiger partial charge is 0.391 e. The number of hydrogen-bond donors (Lipinski definition) is 4. The third-order valence-corrected chi connectivity index (χ3v) is 2.68. The normalized spacial score (nSPS) is 24.9. The highest BCUT2D eigenvalue weighted by Crippen LogP contribution is 2.18. The van der Waals surface area contributed by atoms with E-state index >= 15 is 0 Å². The van der Waals surface area contributed by atoms with Crippen LogP contribution in [0.15, 0.2) is 0 Å². The molecule has 1 saturated carbocycles. The van der Waals surface area contributed by atoms with Crippen LogP contribution in [-0.2, 0) is 9.59 Å². The molecule has 0 saturated heterocycles. The topological polar surface area (TPSA) is 104 Å². The average Bonchev–Trinajstić information content (AvgIpc) is 2.28. The van der Waals surface area contributed by atoms with Crippen LogP contribution in [0.5, 0.6) is 0 Å². The van der Waals surface area contributed by atoms with Gasteiger partial charge in [-0.25, -0.2) is 0 Å². The molecule has 0 bridgehead atoms. The summed E-state index contributed by atoms with van der Waals surface area (Å²) in [5, 5.41) is 14.5. The zero-order valence-corrected chi connectivity index (χ0v) is 9.24. The molecule has 0 spiro atoms. The van der Waals surface area contributed by atoms with E-state index in [9.17, 15) is 14.7 Å². The molecule has 1 aliphatic rings. The molecule has 0 unspecified atom stereocenters. The molecule has 92 valence electrons. The van der Waals surface area contributed by atoms with Crippen molar-refractivity contribution in [1.82, 2.24) is 10.6 Å². The van der Waals surface area contributed by atoms with E-state index in [-0.39, 0.29) is 12.6 Å². The summed E-state index contributed by atoms with van der Waals surface area (Å²) < 4.78 is 0. The molecular weight excluding hydrogens is 210 g/mol. The predicted molar refractivity (Wildman–Crippen MR) is 58.5 cm³/mol. The molecule has 1 aliphatic carbocycles. The summed E-state index contributed by atoms with van der Waals surface area (Å²) in [5.74, 6) is -1.39. The van der Waals surface area contributed by atoms with Crippen molar-refractivity contribution in [3.63, 3.8) is 0 Å². The van der Waals surface area contributed by atoms with Gasteiger partial charge in [0.2, 0.25) is 0 Å². The first-order valence-corrected chi connectivity index (χ1v) is 5.62. The van der Waals surface area contributed by atoms with Crippen molar-refractivity contribution >= 4 is 11.8 Å². The van der Waals surface area contributed by atoms with Crippen LogP contribution in [0.2, 0.25) is 0 Å². The minimum absolute atomic E-state index is 0.277. The minimum Gasteiger partial charge on any atom is -0.391 e. The monoisotopic (exact) mass is 229 g/mol. The Morgan fingerprint density at radius 1 is 1.25 bits per heavy atom. The Labute approximate surface area is 94.6 Å². The molecule has 0 radical (unpaired) electrons. The maximum Gasteiger partial charge on any atom is 0.309 e. The van der Waals surface area contributed by atoms with E-state index in [0.717, 1.165) is 19.3 Å². The number of rotatable bonds is 3. The van der Waals surface area contributed by atoms with Crippen molar-refractivity contribution in [1.29, 1.82) is 0 Å². The zero-order chi connectivity index (χ0) is 12.0. The van der Waals surface area contributed by atoms with Crippen LogP contribution < -0.4 is 16.4 Å². The summed E-state index contributed by atoms with van der Waals surface area (Å²) in [5.41, 5.74) is 5.20. The number of carbonyl (C=O) groups excluding carboxylic acids is 2. The lowest BCUT2D eigenvalue weighted by Gasteiger charge is -2.27. The van der Waals surface area contributed by atoms with Crippen molar-refractivity contribution in [3.8, 4) is 0 Å². The molecule has 2 atom stereocenters. The van der Waals surface area contributed by atoms with Crippen LogP contribution >= 0.6 is 0 Å². The molecule has 0 aromatic carbocycles. The highest BCUT2D eigenvalue weighted by Gasteiger charge is 2.26. The maximum absolute atomic E-state index is 11.4. The third kappa shape index (κ3) is 3.79. The Hall–Kier alpha value is -1.14. The van der Waals surface area contributed by atoms with Gasteiger partial charge in [0.05, 0.1) is 12.1 Å². The smallest absolute Gasteiger partial charge is 0.309 e. The predicted octanol–water partition coefficient (Wildman–Crippen LogP) is -1.52. The van der Waals surface area contributed by atoms with Gasteiger partial charge < -0.3 is 21.5 Å². The molecule has 1 fully saturated rings. The van der Waals surface area contributed by atoms with Crippen LogP contribution in [0, 0.1) is 0 Å². The van der Waals surface area contributed by atoms with Crippen LogP contribution in [0.4, 0.5) is 0 Å². The summed E-state index contributed by atoms with van der Waals surface area (Å²) in [6, 6.07) is -0.301. The van der Waals surface area contributed by atoms with E-state index < -0.39 is 17.9 Å². The van der Waals surface area contributed by atoms with E-state index in [1.807, 2.05) is 0 Å². The van der Waals surface area contributed by atoms with E-state index in [1.165, 1.54) is 0 Å². The third-order valence-electron chi connectivity index (χ3n) is 2.68. The Morgan fingerprint density at radius 2 is 1.94 bits per heavy atom. The highest BCUT2D eigenvalue weighted by atomic mass is 16.3. The number of nitrogens with one attached hydrogen (secondary N) is 2. The van der Waals surface area contributed by atoms with E-state index in [1.54, 1.807) is 0 Å². The first-order chi connectivity index (χ1) is 7.65. The molecule has 0 aromatic rings. The van der Waals surface area contributed by atoms with E-state index in [4.69, 9.17) is 5.73 Å². The van der Waals surface area contributed by atoms with Crippen LogP contribution in [0.25, 0.3) is 0 Å². The molecule has 0 aliphatic heterocycles. The van der Waals surface area contributed by atoms with Crippen molar-refractivity contribution < 1.29 is 14.7 Å². The summed E-state index contributed by atoms with van der Waals surface area (Å²) in [7, 11) is 0. The fourth-order valence-electron chi connectivity index (χ4n) is 1.78. The molecule has 2 amide bonds. The standard InChI is InChI=1S/C10H19N3O3/c11-5-6-12-9(15)10(16)13-7-3-1-2-4-8(7)14/h7-8,14H,1-6,11H2,(H,12,15)(H,13,16)/t7-,8-/m1/s1. The molecule has 6 heteroatoms. The Bertz CT molecular complexity index is 258. The number of carbonyl (C=O) groups is 2. The summed E-state index contributed by atoms with van der Waals surface area (Å²) in [6.45, 7) is 0.574. The minimum atomic E-state index is -0.695. The fraction of sp³-hybridized carbons (Fsp3) is 0.800. The van der Waals surface area contributed by atoms with Gasteiger partial charge in [-0.15, -0.1) is 0 Å². The Morgan fingerprint density at radius 3 is 2.56 bits per heavy atom. The van der Waals surface area contributed by atoms with Gasteiger partial charge in [0.1, 0.15) is 0 Å². The van der Waals surface area contributed by atoms with Gasteiger partial charge in [-0.3, -0.25) is 9.59 Å². The fourth-order valence-corrected chi connectivity index (χ4v) is 1.78. The lowest BCUT2D eigenvalue weighted by atomic mass is 9.92. The van der Waals surface area contributed by atoms with Crippen molar-refractivity contribution in [2.45, 2.75) is 37.8 Å². The molecule has 1 rings (SSSR count). The van der Waals surface area contributed by atoms with Gasteiger partial charge in [0.15, 0.2) is 0 Å². The van der Waals surface area contributed by atoms with Gasteiger partial charge in [0, 0.05) is 13.1 Å². The number of nitrogens with two attached hydrogens (primary N) is 1. The lowest BCUT2D eigenvalue weighted by Crippen LogP contribution is -2.50. The first kappa shape index (κ1) is 12.9. The van der Waals surface area contributed by atoms with Gasteiger partial charge in [-0.2, -0.15) is 0 Å². The van der Waals surface area contributed by atoms with E-state index in [2.05, 4.69) is 10.6 Å². The van der Waals surface area contributed by atoms with E-state index in [0.29, 0.717) is 13.0 Å². The Kier molecular flexibility index (Phi) is 5.21. The first-order valence-electron chi connectivity index (χ1n) is 5.62. The lowest BCUT2D eigenvalue weighted by molar-refractivity contribution is -0.140. The van der Waals surface area contributed by atoms with Crippen LogP contribution in [0.3, 0.4) is 0 Å². The summed E-state index contributed by atoms with van der Waals surface area (Å²) >= 11 is 0. The number of aliphatic hydroxyl groups excluding tert-OH is 1. The second kappa shape index (κ2) is 6.44. The zero-order valence-electron chi connectivity index (χ0n) is 9.24. The van der Waals surface area contributed by atoms with Crippen LogP contribution in [-0.4, -0.2) is 42.2 Å². The molecule has 0 heterocycles. The van der Waals surface area contributed by atoms with Gasteiger partial charge in [-0.1, -0.05) is 12.8 Å². The number of amides is 2. The van der Waals surface area contributed by atoms with Gasteiger partial charge >= 0.3 is 11.8 Å².